The van der Waals surface area contributed by atoms with Crippen molar-refractivity contribution in [3.8, 4) is 12.1 Å². The van der Waals surface area contributed by atoms with E-state index in [1.807, 2.05) is 0 Å². The van der Waals surface area contributed by atoms with Crippen molar-refractivity contribution in [3.63, 3.8) is 0 Å². The maximum absolute atomic E-state index is 14.1. The molecule has 1 rings (SSSR count). The topological polar surface area (TPSA) is 90.4 Å². The van der Waals surface area contributed by atoms with E-state index in [1.165, 1.54) is 26.4 Å². The summed E-state index contributed by atoms with van der Waals surface area (Å²) in [7, 11) is 2.77. The molecule has 7 heteroatoms. The summed E-state index contributed by atoms with van der Waals surface area (Å²) in [4.78, 5) is 0. The van der Waals surface area contributed by atoms with Gasteiger partial charge >= 0.3 is 0 Å². The lowest BCUT2D eigenvalue weighted by Crippen LogP contribution is -2.08. The van der Waals surface area contributed by atoms with Gasteiger partial charge in [-0.3, -0.25) is 5.43 Å². The lowest BCUT2D eigenvalue weighted by atomic mass is 10.2. The first-order valence-corrected chi connectivity index (χ1v) is 5.15. The van der Waals surface area contributed by atoms with Gasteiger partial charge in [-0.25, -0.2) is 4.39 Å². The fourth-order valence-electron chi connectivity index (χ4n) is 1.36. The summed E-state index contributed by atoms with van der Waals surface area (Å²) in [5.41, 5.74) is 2.11. The Bertz CT molecular complexity index is 540. The van der Waals surface area contributed by atoms with Crippen molar-refractivity contribution in [1.29, 1.82) is 10.5 Å². The number of ether oxygens (including phenoxy) is 2. The largest absolute Gasteiger partial charge is 0.352 e. The van der Waals surface area contributed by atoms with Crippen molar-refractivity contribution in [2.24, 2.45) is 5.10 Å². The molecule has 0 aliphatic carbocycles. The number of anilines is 1. The third kappa shape index (κ3) is 3.49. The summed E-state index contributed by atoms with van der Waals surface area (Å²) in [5.74, 6) is -0.629. The van der Waals surface area contributed by atoms with Crippen LogP contribution in [0.3, 0.4) is 0 Å². The van der Waals surface area contributed by atoms with E-state index in [0.29, 0.717) is 0 Å². The van der Waals surface area contributed by atoms with Crippen molar-refractivity contribution in [2.75, 3.05) is 19.6 Å². The second kappa shape index (κ2) is 7.07. The smallest absolute Gasteiger partial charge is 0.237 e. The molecule has 0 heterocycles. The summed E-state index contributed by atoms with van der Waals surface area (Å²) in [6.07, 6.45) is -0.850. The number of halogens is 1. The number of hydrogen-bond donors (Lipinski definition) is 1. The van der Waals surface area contributed by atoms with Gasteiger partial charge in [-0.15, -0.1) is 0 Å². The molecule has 0 aliphatic rings. The number of nitrogens with one attached hydrogen (secondary N) is 1. The van der Waals surface area contributed by atoms with Crippen LogP contribution in [0.1, 0.15) is 11.9 Å². The molecule has 0 aliphatic heterocycles. The third-order valence-electron chi connectivity index (χ3n) is 2.21. The van der Waals surface area contributed by atoms with Crippen molar-refractivity contribution < 1.29 is 13.9 Å². The van der Waals surface area contributed by atoms with Crippen LogP contribution in [-0.4, -0.2) is 19.9 Å². The van der Waals surface area contributed by atoms with Gasteiger partial charge in [0.15, 0.2) is 12.1 Å². The van der Waals surface area contributed by atoms with Gasteiger partial charge in [-0.1, -0.05) is 12.1 Å². The Hall–Kier alpha value is -2.48. The predicted molar refractivity (Wildman–Crippen MR) is 65.4 cm³/mol. The number of nitrogens with zero attached hydrogens (tertiary/aromatic N) is 3. The number of hydrogen-bond acceptors (Lipinski definition) is 6. The SMILES string of the molecule is COC(OC)c1cccc(NN=C(C#N)C#N)c1F. The molecule has 1 aromatic carbocycles. The zero-order valence-corrected chi connectivity index (χ0v) is 10.3. The van der Waals surface area contributed by atoms with Gasteiger partial charge in [0.05, 0.1) is 5.69 Å². The van der Waals surface area contributed by atoms with Gasteiger partial charge in [0.2, 0.25) is 5.71 Å². The van der Waals surface area contributed by atoms with Crippen molar-refractivity contribution in [2.45, 2.75) is 6.29 Å². The van der Waals surface area contributed by atoms with E-state index in [1.54, 1.807) is 18.2 Å². The van der Waals surface area contributed by atoms with Gasteiger partial charge in [-0.05, 0) is 6.07 Å². The maximum atomic E-state index is 14.1. The molecule has 0 unspecified atom stereocenters. The maximum Gasteiger partial charge on any atom is 0.237 e. The molecule has 98 valence electrons. The van der Waals surface area contributed by atoms with Crippen LogP contribution in [-0.2, 0) is 9.47 Å². The van der Waals surface area contributed by atoms with Crippen molar-refractivity contribution >= 4 is 11.4 Å². The molecule has 0 saturated carbocycles. The van der Waals surface area contributed by atoms with Gasteiger partial charge in [0.1, 0.15) is 12.1 Å². The average molecular weight is 262 g/mol. The van der Waals surface area contributed by atoms with E-state index in [0.717, 1.165) is 0 Å². The van der Waals surface area contributed by atoms with E-state index in [2.05, 4.69) is 10.5 Å². The van der Waals surface area contributed by atoms with E-state index in [4.69, 9.17) is 20.0 Å². The van der Waals surface area contributed by atoms with Crippen LogP contribution < -0.4 is 5.43 Å². The number of benzene rings is 1. The molecule has 0 bridgehead atoms. The zero-order chi connectivity index (χ0) is 14.3. The highest BCUT2D eigenvalue weighted by Gasteiger charge is 2.16. The molecule has 0 radical (unpaired) electrons. The number of methoxy groups -OCH3 is 2. The summed E-state index contributed by atoms with van der Waals surface area (Å²) >= 11 is 0. The molecule has 0 aromatic heterocycles. The Morgan fingerprint density at radius 2 is 1.95 bits per heavy atom. The normalized spacial score (nSPS) is 9.58. The quantitative estimate of drug-likeness (QED) is 0.497. The van der Waals surface area contributed by atoms with E-state index < -0.39 is 17.8 Å². The Balaban J connectivity index is 3.06. The summed E-state index contributed by atoms with van der Waals surface area (Å²) < 4.78 is 24.0. The second-order valence-corrected chi connectivity index (χ2v) is 3.31. The third-order valence-corrected chi connectivity index (χ3v) is 2.21. The monoisotopic (exact) mass is 262 g/mol. The van der Waals surface area contributed by atoms with Crippen LogP contribution in [0.15, 0.2) is 23.3 Å². The Kier molecular flexibility index (Phi) is 5.42. The molecule has 0 atom stereocenters. The Morgan fingerprint density at radius 1 is 1.32 bits per heavy atom. The van der Waals surface area contributed by atoms with Gasteiger partial charge < -0.3 is 9.47 Å². The first kappa shape index (κ1) is 14.6. The Morgan fingerprint density at radius 3 is 2.47 bits per heavy atom. The highest BCUT2D eigenvalue weighted by atomic mass is 19.1. The molecule has 0 amide bonds. The fraction of sp³-hybridized carbons (Fsp3) is 0.250. The summed E-state index contributed by atoms with van der Waals surface area (Å²) in [5, 5.41) is 20.5. The van der Waals surface area contributed by atoms with E-state index >= 15 is 0 Å². The van der Waals surface area contributed by atoms with Crippen molar-refractivity contribution in [3.05, 3.63) is 29.6 Å². The van der Waals surface area contributed by atoms with E-state index in [-0.39, 0.29) is 11.3 Å². The molecule has 6 nitrogen and oxygen atoms in total. The predicted octanol–water partition coefficient (Wildman–Crippen LogP) is 1.93. The average Bonchev–Trinajstić information content (AvgIpc) is 2.44. The first-order chi connectivity index (χ1) is 9.17. The van der Waals surface area contributed by atoms with Gasteiger partial charge in [0.25, 0.3) is 0 Å². The van der Waals surface area contributed by atoms with Crippen molar-refractivity contribution in [1.82, 2.24) is 0 Å². The minimum Gasteiger partial charge on any atom is -0.352 e. The molecule has 0 fully saturated rings. The molecular weight excluding hydrogens is 251 g/mol. The molecule has 0 saturated heterocycles. The molecule has 19 heavy (non-hydrogen) atoms. The van der Waals surface area contributed by atoms with Crippen LogP contribution in [0.4, 0.5) is 10.1 Å². The summed E-state index contributed by atoms with van der Waals surface area (Å²) in [6, 6.07) is 7.59. The fourth-order valence-corrected chi connectivity index (χ4v) is 1.36. The van der Waals surface area contributed by atoms with Gasteiger partial charge in [0, 0.05) is 19.8 Å². The number of hydrazone groups is 1. The molecule has 1 N–H and O–H groups in total. The zero-order valence-electron chi connectivity index (χ0n) is 10.3. The minimum absolute atomic E-state index is 0.0135. The molecular formula is C12H11FN4O2. The first-order valence-electron chi connectivity index (χ1n) is 5.15. The minimum atomic E-state index is -0.850. The Labute approximate surface area is 109 Å². The van der Waals surface area contributed by atoms with Crippen LogP contribution in [0.25, 0.3) is 0 Å². The standard InChI is InChI=1S/C12H11FN4O2/c1-18-12(19-2)9-4-3-5-10(11(9)13)17-16-8(6-14)7-15/h3-5,12,17H,1-2H3. The summed E-state index contributed by atoms with van der Waals surface area (Å²) in [6.45, 7) is 0. The lowest BCUT2D eigenvalue weighted by molar-refractivity contribution is -0.107. The number of rotatable bonds is 5. The molecule has 0 spiro atoms. The highest BCUT2D eigenvalue weighted by molar-refractivity contribution is 6.10. The molecule has 1 aromatic rings. The number of nitriles is 2. The van der Waals surface area contributed by atoms with Gasteiger partial charge in [-0.2, -0.15) is 15.6 Å². The second-order valence-electron chi connectivity index (χ2n) is 3.31. The van der Waals surface area contributed by atoms with E-state index in [9.17, 15) is 4.39 Å². The van der Waals surface area contributed by atoms with Crippen LogP contribution >= 0.6 is 0 Å². The lowest BCUT2D eigenvalue weighted by Gasteiger charge is -2.15. The van der Waals surface area contributed by atoms with Crippen LogP contribution in [0.5, 0.6) is 0 Å². The van der Waals surface area contributed by atoms with Crippen LogP contribution in [0, 0.1) is 28.5 Å². The highest BCUT2D eigenvalue weighted by Crippen LogP contribution is 2.25. The van der Waals surface area contributed by atoms with Crippen LogP contribution in [0.2, 0.25) is 0 Å².